The number of nitrogens with one attached hydrogen (secondary N) is 2. The van der Waals surface area contributed by atoms with Crippen LogP contribution in [0, 0.1) is 5.92 Å². The maximum Gasteiger partial charge on any atom is 0.411 e. The molecule has 1 aromatic rings. The highest BCUT2D eigenvalue weighted by Crippen LogP contribution is 2.14. The molecule has 0 aliphatic rings. The van der Waals surface area contributed by atoms with Crippen molar-refractivity contribution in [3.63, 3.8) is 0 Å². The minimum Gasteiger partial charge on any atom is -0.447 e. The predicted octanol–water partition coefficient (Wildman–Crippen LogP) is 1.82. The Kier molecular flexibility index (Phi) is 5.81. The van der Waals surface area contributed by atoms with E-state index in [4.69, 9.17) is 5.11 Å². The topological polar surface area (TPSA) is 87.7 Å². The van der Waals surface area contributed by atoms with Gasteiger partial charge in [0.1, 0.15) is 6.61 Å². The number of hydrogen-bond donors (Lipinski definition) is 3. The van der Waals surface area contributed by atoms with E-state index >= 15 is 0 Å². The molecule has 0 unspecified atom stereocenters. The highest BCUT2D eigenvalue weighted by molar-refractivity contribution is 5.92. The molecule has 0 fully saturated rings. The zero-order valence-electron chi connectivity index (χ0n) is 11.0. The number of anilines is 2. The smallest absolute Gasteiger partial charge is 0.411 e. The van der Waals surface area contributed by atoms with Gasteiger partial charge in [-0.2, -0.15) is 0 Å². The lowest BCUT2D eigenvalue weighted by atomic mass is 10.2. The van der Waals surface area contributed by atoms with E-state index in [1.165, 1.54) is 0 Å². The summed E-state index contributed by atoms with van der Waals surface area (Å²) in [4.78, 5) is 22.7. The summed E-state index contributed by atoms with van der Waals surface area (Å²) in [5, 5.41) is 13.7. The lowest BCUT2D eigenvalue weighted by Gasteiger charge is -2.09. The minimum atomic E-state index is -0.631. The van der Waals surface area contributed by atoms with E-state index in [2.05, 4.69) is 15.4 Å². The summed E-state index contributed by atoms with van der Waals surface area (Å²) in [6, 6.07) is 6.66. The molecule has 104 valence electrons. The average Bonchev–Trinajstić information content (AvgIpc) is 2.38. The van der Waals surface area contributed by atoms with Gasteiger partial charge in [-0.25, -0.2) is 4.79 Å². The van der Waals surface area contributed by atoms with E-state index in [1.807, 2.05) is 13.8 Å². The molecule has 2 amide bonds. The summed E-state index contributed by atoms with van der Waals surface area (Å²) in [6.45, 7) is 3.35. The van der Waals surface area contributed by atoms with Gasteiger partial charge in [-0.05, 0) is 24.3 Å². The van der Waals surface area contributed by atoms with Gasteiger partial charge in [0.25, 0.3) is 0 Å². The van der Waals surface area contributed by atoms with Crippen LogP contribution in [0.2, 0.25) is 0 Å². The predicted molar refractivity (Wildman–Crippen MR) is 72.0 cm³/mol. The first-order valence-electron chi connectivity index (χ1n) is 5.98. The molecule has 0 saturated heterocycles. The number of amides is 2. The van der Waals surface area contributed by atoms with Crippen LogP contribution in [0.1, 0.15) is 13.8 Å². The second-order valence-electron chi connectivity index (χ2n) is 4.21. The first-order chi connectivity index (χ1) is 9.02. The van der Waals surface area contributed by atoms with Gasteiger partial charge in [0.15, 0.2) is 0 Å². The van der Waals surface area contributed by atoms with E-state index in [-0.39, 0.29) is 25.0 Å². The van der Waals surface area contributed by atoms with E-state index in [0.717, 1.165) is 0 Å². The standard InChI is InChI=1S/C13H18N2O4/c1-9(2)12(17)14-10-3-5-11(6-4-10)15-13(18)19-8-7-16/h3-6,9,16H,7-8H2,1-2H3,(H,14,17)(H,15,18). The van der Waals surface area contributed by atoms with Gasteiger partial charge in [0, 0.05) is 17.3 Å². The Morgan fingerprint density at radius 3 is 2.16 bits per heavy atom. The quantitative estimate of drug-likeness (QED) is 0.758. The second kappa shape index (κ2) is 7.38. The van der Waals surface area contributed by atoms with Crippen molar-refractivity contribution in [2.24, 2.45) is 5.92 Å². The summed E-state index contributed by atoms with van der Waals surface area (Å²) >= 11 is 0. The normalized spacial score (nSPS) is 10.1. The first-order valence-corrected chi connectivity index (χ1v) is 5.98. The Hall–Kier alpha value is -2.08. The van der Waals surface area contributed by atoms with Crippen LogP contribution in [-0.4, -0.2) is 30.3 Å². The fraction of sp³-hybridized carbons (Fsp3) is 0.385. The molecule has 0 aromatic heterocycles. The third-order valence-corrected chi connectivity index (χ3v) is 2.25. The number of ether oxygens (including phenoxy) is 1. The number of aliphatic hydroxyl groups excluding tert-OH is 1. The van der Waals surface area contributed by atoms with Crippen molar-refractivity contribution in [3.05, 3.63) is 24.3 Å². The molecule has 1 aromatic carbocycles. The highest BCUT2D eigenvalue weighted by Gasteiger charge is 2.07. The zero-order valence-corrected chi connectivity index (χ0v) is 11.0. The van der Waals surface area contributed by atoms with E-state index in [1.54, 1.807) is 24.3 Å². The number of carbonyl (C=O) groups excluding carboxylic acids is 2. The molecule has 19 heavy (non-hydrogen) atoms. The van der Waals surface area contributed by atoms with Gasteiger partial charge in [-0.1, -0.05) is 13.8 Å². The SMILES string of the molecule is CC(C)C(=O)Nc1ccc(NC(=O)OCCO)cc1. The van der Waals surface area contributed by atoms with Crippen molar-refractivity contribution < 1.29 is 19.4 Å². The molecule has 6 nitrogen and oxygen atoms in total. The van der Waals surface area contributed by atoms with Crippen LogP contribution in [-0.2, 0) is 9.53 Å². The van der Waals surface area contributed by atoms with E-state index in [0.29, 0.717) is 11.4 Å². The van der Waals surface area contributed by atoms with Gasteiger partial charge in [0.05, 0.1) is 6.61 Å². The third-order valence-electron chi connectivity index (χ3n) is 2.25. The molecular formula is C13H18N2O4. The molecule has 1 rings (SSSR count). The summed E-state index contributed by atoms with van der Waals surface area (Å²) in [7, 11) is 0. The largest absolute Gasteiger partial charge is 0.447 e. The molecule has 0 aliphatic heterocycles. The molecule has 0 aliphatic carbocycles. The van der Waals surface area contributed by atoms with Crippen LogP contribution < -0.4 is 10.6 Å². The van der Waals surface area contributed by atoms with Gasteiger partial charge in [-0.15, -0.1) is 0 Å². The van der Waals surface area contributed by atoms with Crippen LogP contribution in [0.15, 0.2) is 24.3 Å². The summed E-state index contributed by atoms with van der Waals surface area (Å²) < 4.78 is 4.65. The van der Waals surface area contributed by atoms with Crippen LogP contribution in [0.4, 0.5) is 16.2 Å². The maximum absolute atomic E-state index is 11.5. The fourth-order valence-corrected chi connectivity index (χ4v) is 1.22. The monoisotopic (exact) mass is 266 g/mol. The molecule has 0 saturated carbocycles. The fourth-order valence-electron chi connectivity index (χ4n) is 1.22. The zero-order chi connectivity index (χ0) is 14.3. The average molecular weight is 266 g/mol. The summed E-state index contributed by atoms with van der Waals surface area (Å²) in [5.74, 6) is -0.158. The van der Waals surface area contributed by atoms with E-state index < -0.39 is 6.09 Å². The van der Waals surface area contributed by atoms with Crippen LogP contribution in [0.3, 0.4) is 0 Å². The highest BCUT2D eigenvalue weighted by atomic mass is 16.6. The summed E-state index contributed by atoms with van der Waals surface area (Å²) in [5.41, 5.74) is 1.21. The van der Waals surface area contributed by atoms with Gasteiger partial charge < -0.3 is 15.2 Å². The molecule has 0 heterocycles. The maximum atomic E-state index is 11.5. The number of aliphatic hydroxyl groups is 1. The lowest BCUT2D eigenvalue weighted by Crippen LogP contribution is -2.18. The number of benzene rings is 1. The van der Waals surface area contributed by atoms with Gasteiger partial charge in [-0.3, -0.25) is 10.1 Å². The third kappa shape index (κ3) is 5.39. The van der Waals surface area contributed by atoms with Crippen molar-refractivity contribution in [1.82, 2.24) is 0 Å². The van der Waals surface area contributed by atoms with Crippen LogP contribution >= 0.6 is 0 Å². The Morgan fingerprint density at radius 1 is 1.16 bits per heavy atom. The number of hydrogen-bond acceptors (Lipinski definition) is 4. The molecular weight excluding hydrogens is 248 g/mol. The molecule has 6 heteroatoms. The van der Waals surface area contributed by atoms with Gasteiger partial charge in [0.2, 0.25) is 5.91 Å². The molecule has 0 bridgehead atoms. The van der Waals surface area contributed by atoms with Crippen molar-refractivity contribution in [1.29, 1.82) is 0 Å². The van der Waals surface area contributed by atoms with Crippen molar-refractivity contribution >= 4 is 23.4 Å². The first kappa shape index (κ1) is 15.0. The Balaban J connectivity index is 2.52. The Labute approximate surface area is 111 Å². The number of rotatable bonds is 5. The molecule has 0 spiro atoms. The molecule has 0 radical (unpaired) electrons. The second-order valence-corrected chi connectivity index (χ2v) is 4.21. The summed E-state index contributed by atoms with van der Waals surface area (Å²) in [6.07, 6.45) is -0.631. The Bertz CT molecular complexity index is 429. The number of carbonyl (C=O) groups is 2. The van der Waals surface area contributed by atoms with Crippen LogP contribution in [0.25, 0.3) is 0 Å². The van der Waals surface area contributed by atoms with Crippen molar-refractivity contribution in [2.45, 2.75) is 13.8 Å². The van der Waals surface area contributed by atoms with E-state index in [9.17, 15) is 9.59 Å². The van der Waals surface area contributed by atoms with Crippen LogP contribution in [0.5, 0.6) is 0 Å². The Morgan fingerprint density at radius 2 is 1.68 bits per heavy atom. The molecule has 0 atom stereocenters. The lowest BCUT2D eigenvalue weighted by molar-refractivity contribution is -0.118. The minimum absolute atomic E-state index is 0.0473. The van der Waals surface area contributed by atoms with Crippen molar-refractivity contribution in [3.8, 4) is 0 Å². The van der Waals surface area contributed by atoms with Gasteiger partial charge >= 0.3 is 6.09 Å². The molecule has 3 N–H and O–H groups in total. The van der Waals surface area contributed by atoms with Crippen molar-refractivity contribution in [2.75, 3.05) is 23.8 Å².